The molecule has 1 aromatic carbocycles. The minimum Gasteiger partial charge on any atom is -0.480 e. The maximum Gasteiger partial charge on any atom is 0.328 e. The first-order valence-electron chi connectivity index (χ1n) is 5.03. The number of non-ortho nitro benzene ring substituents is 1. The van der Waals surface area contributed by atoms with Gasteiger partial charge in [0.25, 0.3) is 5.69 Å². The molecule has 0 amide bonds. The average molecular weight is 252 g/mol. The second kappa shape index (κ2) is 4.82. The monoisotopic (exact) mass is 252 g/mol. The smallest absolute Gasteiger partial charge is 0.328 e. The predicted octanol–water partition coefficient (Wildman–Crippen LogP) is 1.68. The lowest BCUT2D eigenvalue weighted by Crippen LogP contribution is -2.40. The Bertz CT molecular complexity index is 510. The van der Waals surface area contributed by atoms with E-state index in [-0.39, 0.29) is 16.9 Å². The molecule has 0 heterocycles. The molecule has 96 valence electrons. The van der Waals surface area contributed by atoms with Gasteiger partial charge in [-0.05, 0) is 19.9 Å². The van der Waals surface area contributed by atoms with Gasteiger partial charge in [0.1, 0.15) is 5.54 Å². The van der Waals surface area contributed by atoms with Gasteiger partial charge >= 0.3 is 5.97 Å². The fourth-order valence-corrected chi connectivity index (χ4v) is 1.27. The molecule has 0 saturated carbocycles. The molecule has 0 unspecified atom stereocenters. The lowest BCUT2D eigenvalue weighted by Gasteiger charge is -2.23. The summed E-state index contributed by atoms with van der Waals surface area (Å²) in [6.07, 6.45) is 0.438. The maximum absolute atomic E-state index is 10.9. The van der Waals surface area contributed by atoms with Crippen LogP contribution in [0, 0.1) is 10.1 Å². The van der Waals surface area contributed by atoms with Crippen LogP contribution < -0.4 is 5.32 Å². The van der Waals surface area contributed by atoms with E-state index in [0.29, 0.717) is 6.29 Å². The number of benzene rings is 1. The quantitative estimate of drug-likeness (QED) is 0.468. The van der Waals surface area contributed by atoms with Crippen LogP contribution in [0.5, 0.6) is 0 Å². The fourth-order valence-electron chi connectivity index (χ4n) is 1.27. The number of carbonyl (C=O) groups is 2. The maximum atomic E-state index is 10.9. The van der Waals surface area contributed by atoms with Gasteiger partial charge in [-0.1, -0.05) is 0 Å². The SMILES string of the molecule is CC(C)(Nc1ccc([N+](=O)[O-])cc1C=O)C(=O)O. The molecule has 0 aliphatic carbocycles. The zero-order chi connectivity index (χ0) is 13.9. The highest BCUT2D eigenvalue weighted by Crippen LogP contribution is 2.23. The molecule has 1 rings (SSSR count). The van der Waals surface area contributed by atoms with Crippen LogP contribution in [0.15, 0.2) is 18.2 Å². The van der Waals surface area contributed by atoms with Crippen LogP contribution in [-0.2, 0) is 4.79 Å². The molecule has 0 spiro atoms. The summed E-state index contributed by atoms with van der Waals surface area (Å²) in [5.74, 6) is -1.10. The molecule has 0 aliphatic heterocycles. The molecule has 18 heavy (non-hydrogen) atoms. The highest BCUT2D eigenvalue weighted by Gasteiger charge is 2.27. The number of hydrogen-bond donors (Lipinski definition) is 2. The number of carboxylic acid groups (broad SMARTS) is 1. The summed E-state index contributed by atoms with van der Waals surface area (Å²) in [5.41, 5.74) is -1.23. The fraction of sp³-hybridized carbons (Fsp3) is 0.273. The molecule has 0 bridgehead atoms. The van der Waals surface area contributed by atoms with E-state index in [1.54, 1.807) is 0 Å². The second-order valence-electron chi connectivity index (χ2n) is 4.20. The Labute approximate surface area is 103 Å². The standard InChI is InChI=1S/C11H12N2O5/c1-11(2,10(15)16)12-9-4-3-8(13(17)18)5-7(9)6-14/h3-6,12H,1-2H3,(H,15,16). The predicted molar refractivity (Wildman–Crippen MR) is 63.8 cm³/mol. The first-order valence-corrected chi connectivity index (χ1v) is 5.03. The number of carbonyl (C=O) groups excluding carboxylic acids is 1. The van der Waals surface area contributed by atoms with Gasteiger partial charge in [0.15, 0.2) is 6.29 Å². The van der Waals surface area contributed by atoms with E-state index in [2.05, 4.69) is 5.32 Å². The molecule has 0 atom stereocenters. The Morgan fingerprint density at radius 1 is 1.50 bits per heavy atom. The Balaban J connectivity index is 3.15. The number of nitro groups is 1. The van der Waals surface area contributed by atoms with E-state index >= 15 is 0 Å². The van der Waals surface area contributed by atoms with Crippen LogP contribution in [0.3, 0.4) is 0 Å². The number of nitrogens with zero attached hydrogens (tertiary/aromatic N) is 1. The van der Waals surface area contributed by atoms with Crippen molar-refractivity contribution in [3.8, 4) is 0 Å². The van der Waals surface area contributed by atoms with Crippen molar-refractivity contribution in [3.05, 3.63) is 33.9 Å². The second-order valence-corrected chi connectivity index (χ2v) is 4.20. The Morgan fingerprint density at radius 3 is 2.56 bits per heavy atom. The van der Waals surface area contributed by atoms with E-state index in [4.69, 9.17) is 5.11 Å². The third kappa shape index (κ3) is 2.82. The molecule has 1 aromatic rings. The highest BCUT2D eigenvalue weighted by atomic mass is 16.6. The van der Waals surface area contributed by atoms with Crippen molar-refractivity contribution in [1.29, 1.82) is 0 Å². The number of anilines is 1. The number of nitro benzene ring substituents is 1. The van der Waals surface area contributed by atoms with Crippen molar-refractivity contribution in [2.24, 2.45) is 0 Å². The van der Waals surface area contributed by atoms with Crippen molar-refractivity contribution in [2.45, 2.75) is 19.4 Å². The van der Waals surface area contributed by atoms with Crippen LogP contribution in [0.1, 0.15) is 24.2 Å². The minimum absolute atomic E-state index is 0.0403. The van der Waals surface area contributed by atoms with Crippen LogP contribution in [0.2, 0.25) is 0 Å². The Kier molecular flexibility index (Phi) is 3.65. The van der Waals surface area contributed by atoms with Gasteiger partial charge in [0, 0.05) is 23.4 Å². The van der Waals surface area contributed by atoms with E-state index in [0.717, 1.165) is 6.07 Å². The molecule has 0 fully saturated rings. The van der Waals surface area contributed by atoms with Gasteiger partial charge in [0.05, 0.1) is 4.92 Å². The zero-order valence-electron chi connectivity index (χ0n) is 9.84. The Morgan fingerprint density at radius 2 is 2.11 bits per heavy atom. The largest absolute Gasteiger partial charge is 0.480 e. The van der Waals surface area contributed by atoms with Crippen LogP contribution in [0.4, 0.5) is 11.4 Å². The van der Waals surface area contributed by atoms with E-state index < -0.39 is 16.4 Å². The zero-order valence-corrected chi connectivity index (χ0v) is 9.84. The molecule has 0 radical (unpaired) electrons. The normalized spacial score (nSPS) is 10.8. The van der Waals surface area contributed by atoms with Crippen molar-refractivity contribution < 1.29 is 19.6 Å². The summed E-state index contributed by atoms with van der Waals surface area (Å²) in [6, 6.07) is 3.60. The molecule has 0 saturated heterocycles. The lowest BCUT2D eigenvalue weighted by atomic mass is 10.0. The summed E-state index contributed by atoms with van der Waals surface area (Å²) in [4.78, 5) is 31.7. The van der Waals surface area contributed by atoms with Gasteiger partial charge in [-0.3, -0.25) is 14.9 Å². The third-order valence-electron chi connectivity index (χ3n) is 2.35. The molecular weight excluding hydrogens is 240 g/mol. The van der Waals surface area contributed by atoms with Crippen molar-refractivity contribution in [2.75, 3.05) is 5.32 Å². The topological polar surface area (TPSA) is 110 Å². The number of aldehydes is 1. The highest BCUT2D eigenvalue weighted by molar-refractivity contribution is 5.89. The summed E-state index contributed by atoms with van der Waals surface area (Å²) in [7, 11) is 0. The number of hydrogen-bond acceptors (Lipinski definition) is 5. The molecule has 0 aliphatic rings. The number of rotatable bonds is 5. The van der Waals surface area contributed by atoms with Crippen molar-refractivity contribution in [1.82, 2.24) is 0 Å². The van der Waals surface area contributed by atoms with E-state index in [1.807, 2.05) is 0 Å². The Hall–Kier alpha value is -2.44. The summed E-state index contributed by atoms with van der Waals surface area (Å²) in [5, 5.41) is 22.1. The lowest BCUT2D eigenvalue weighted by molar-refractivity contribution is -0.384. The molecular formula is C11H12N2O5. The summed E-state index contributed by atoms with van der Waals surface area (Å²) >= 11 is 0. The number of nitrogens with one attached hydrogen (secondary N) is 1. The van der Waals surface area contributed by atoms with Crippen molar-refractivity contribution >= 4 is 23.6 Å². The van der Waals surface area contributed by atoms with Crippen molar-refractivity contribution in [3.63, 3.8) is 0 Å². The van der Waals surface area contributed by atoms with E-state index in [1.165, 1.54) is 26.0 Å². The van der Waals surface area contributed by atoms with Crippen LogP contribution in [-0.4, -0.2) is 27.8 Å². The number of aliphatic carboxylic acids is 1. The van der Waals surface area contributed by atoms with Gasteiger partial charge in [-0.25, -0.2) is 4.79 Å². The van der Waals surface area contributed by atoms with Crippen LogP contribution >= 0.6 is 0 Å². The van der Waals surface area contributed by atoms with Gasteiger partial charge in [-0.15, -0.1) is 0 Å². The summed E-state index contributed by atoms with van der Waals surface area (Å²) < 4.78 is 0. The molecule has 7 nitrogen and oxygen atoms in total. The number of carboxylic acids is 1. The van der Waals surface area contributed by atoms with Gasteiger partial charge < -0.3 is 10.4 Å². The first kappa shape index (κ1) is 13.6. The molecule has 0 aromatic heterocycles. The van der Waals surface area contributed by atoms with Gasteiger partial charge in [-0.2, -0.15) is 0 Å². The minimum atomic E-state index is -1.28. The summed E-state index contributed by atoms with van der Waals surface area (Å²) in [6.45, 7) is 2.84. The van der Waals surface area contributed by atoms with Crippen LogP contribution in [0.25, 0.3) is 0 Å². The van der Waals surface area contributed by atoms with Gasteiger partial charge in [0.2, 0.25) is 0 Å². The molecule has 2 N–H and O–H groups in total. The first-order chi connectivity index (χ1) is 8.27. The van der Waals surface area contributed by atoms with E-state index in [9.17, 15) is 19.7 Å². The molecule has 7 heteroatoms. The average Bonchev–Trinajstić information content (AvgIpc) is 2.28. The third-order valence-corrected chi connectivity index (χ3v) is 2.35.